The molecule has 0 aromatic heterocycles. The van der Waals surface area contributed by atoms with Crippen LogP contribution in [0.3, 0.4) is 0 Å². The van der Waals surface area contributed by atoms with Crippen LogP contribution in [0.15, 0.2) is 30.3 Å². The summed E-state index contributed by atoms with van der Waals surface area (Å²) in [5.41, 5.74) is 3.33. The van der Waals surface area contributed by atoms with Crippen molar-refractivity contribution in [2.75, 3.05) is 0 Å². The van der Waals surface area contributed by atoms with Crippen molar-refractivity contribution < 1.29 is 0 Å². The summed E-state index contributed by atoms with van der Waals surface area (Å²) in [5.74, 6) is 0.307. The van der Waals surface area contributed by atoms with Gasteiger partial charge in [-0.3, -0.25) is 0 Å². The van der Waals surface area contributed by atoms with Crippen molar-refractivity contribution in [3.8, 4) is 0 Å². The summed E-state index contributed by atoms with van der Waals surface area (Å²) < 4.78 is 0. The Labute approximate surface area is 78.6 Å². The van der Waals surface area contributed by atoms with Crippen molar-refractivity contribution in [3.63, 3.8) is 0 Å². The van der Waals surface area contributed by atoms with E-state index in [4.69, 9.17) is 5.41 Å². The number of benzene rings is 1. The first-order valence-electron chi connectivity index (χ1n) is 4.59. The van der Waals surface area contributed by atoms with Crippen LogP contribution in [0.5, 0.6) is 0 Å². The van der Waals surface area contributed by atoms with Crippen LogP contribution in [0.2, 0.25) is 0 Å². The Bertz CT molecular complexity index is 363. The lowest BCUT2D eigenvalue weighted by molar-refractivity contribution is 0.883. The van der Waals surface area contributed by atoms with E-state index in [0.29, 0.717) is 5.92 Å². The molecule has 1 unspecified atom stereocenters. The zero-order chi connectivity index (χ0) is 9.26. The Balaban J connectivity index is 2.49. The third-order valence-corrected chi connectivity index (χ3v) is 2.56. The molecule has 0 saturated carbocycles. The molecule has 66 valence electrons. The second-order valence-corrected chi connectivity index (χ2v) is 3.50. The van der Waals surface area contributed by atoms with Crippen LogP contribution in [0.1, 0.15) is 30.4 Å². The van der Waals surface area contributed by atoms with Crippen LogP contribution < -0.4 is 0 Å². The van der Waals surface area contributed by atoms with Crippen molar-refractivity contribution >= 4 is 11.8 Å². The highest BCUT2D eigenvalue weighted by molar-refractivity contribution is 5.88. The Morgan fingerprint density at radius 3 is 2.92 bits per heavy atom. The molecule has 13 heavy (non-hydrogen) atoms. The van der Waals surface area contributed by atoms with E-state index in [-0.39, 0.29) is 0 Å². The van der Waals surface area contributed by atoms with Crippen molar-refractivity contribution in [3.05, 3.63) is 41.5 Å². The fraction of sp³-hybridized carbons (Fsp3) is 0.250. The standard InChI is InChI=1S/C12H13N/c1-9(13)11-8-4-6-10-5-2-3-7-12(10)11/h2-7,11,13H,8H2,1H3. The lowest BCUT2D eigenvalue weighted by atomic mass is 9.84. The number of allylic oxidation sites excluding steroid dienone is 1. The summed E-state index contributed by atoms with van der Waals surface area (Å²) >= 11 is 0. The van der Waals surface area contributed by atoms with Gasteiger partial charge in [-0.05, 0) is 24.5 Å². The van der Waals surface area contributed by atoms with Crippen LogP contribution in [0.4, 0.5) is 0 Å². The molecule has 1 heteroatoms. The Morgan fingerprint density at radius 2 is 2.15 bits per heavy atom. The minimum atomic E-state index is 0.307. The summed E-state index contributed by atoms with van der Waals surface area (Å²) in [4.78, 5) is 0. The van der Waals surface area contributed by atoms with Gasteiger partial charge in [0.25, 0.3) is 0 Å². The van der Waals surface area contributed by atoms with E-state index in [1.165, 1.54) is 11.1 Å². The largest absolute Gasteiger partial charge is 0.309 e. The van der Waals surface area contributed by atoms with Gasteiger partial charge >= 0.3 is 0 Å². The molecule has 0 radical (unpaired) electrons. The molecule has 1 atom stereocenters. The first-order chi connectivity index (χ1) is 6.29. The SMILES string of the molecule is CC(=N)C1CC=Cc2ccccc21. The van der Waals surface area contributed by atoms with Crippen LogP contribution in [-0.2, 0) is 0 Å². The molecule has 0 heterocycles. The highest BCUT2D eigenvalue weighted by Crippen LogP contribution is 2.29. The van der Waals surface area contributed by atoms with Crippen molar-refractivity contribution in [2.24, 2.45) is 0 Å². The molecule has 1 aromatic rings. The maximum atomic E-state index is 7.69. The van der Waals surface area contributed by atoms with Crippen molar-refractivity contribution in [1.29, 1.82) is 5.41 Å². The van der Waals surface area contributed by atoms with Gasteiger partial charge in [-0.2, -0.15) is 0 Å². The first kappa shape index (κ1) is 8.24. The minimum Gasteiger partial charge on any atom is -0.309 e. The molecule has 0 amide bonds. The number of hydrogen-bond acceptors (Lipinski definition) is 1. The second kappa shape index (κ2) is 3.17. The maximum Gasteiger partial charge on any atom is 0.0254 e. The highest BCUT2D eigenvalue weighted by atomic mass is 14.4. The fourth-order valence-electron chi connectivity index (χ4n) is 1.85. The molecular weight excluding hydrogens is 158 g/mol. The first-order valence-corrected chi connectivity index (χ1v) is 4.59. The van der Waals surface area contributed by atoms with Gasteiger partial charge in [0.15, 0.2) is 0 Å². The second-order valence-electron chi connectivity index (χ2n) is 3.50. The quantitative estimate of drug-likeness (QED) is 0.627. The van der Waals surface area contributed by atoms with Gasteiger partial charge in [-0.1, -0.05) is 36.4 Å². The van der Waals surface area contributed by atoms with E-state index in [1.54, 1.807) is 0 Å². The van der Waals surface area contributed by atoms with E-state index in [2.05, 4.69) is 24.3 Å². The molecule has 0 spiro atoms. The van der Waals surface area contributed by atoms with Gasteiger partial charge < -0.3 is 5.41 Å². The lowest BCUT2D eigenvalue weighted by Gasteiger charge is -2.20. The molecule has 0 aliphatic heterocycles. The smallest absolute Gasteiger partial charge is 0.0254 e. The van der Waals surface area contributed by atoms with Gasteiger partial charge in [-0.15, -0.1) is 0 Å². The predicted octanol–water partition coefficient (Wildman–Crippen LogP) is 3.23. The summed E-state index contributed by atoms with van der Waals surface area (Å²) in [5, 5.41) is 7.69. The third kappa shape index (κ3) is 1.42. The van der Waals surface area contributed by atoms with Crippen LogP contribution >= 0.6 is 0 Å². The number of rotatable bonds is 1. The maximum absolute atomic E-state index is 7.69. The molecule has 2 rings (SSSR count). The van der Waals surface area contributed by atoms with E-state index in [1.807, 2.05) is 19.1 Å². The van der Waals surface area contributed by atoms with Crippen LogP contribution in [0.25, 0.3) is 6.08 Å². The van der Waals surface area contributed by atoms with Crippen molar-refractivity contribution in [1.82, 2.24) is 0 Å². The number of nitrogens with one attached hydrogen (secondary N) is 1. The van der Waals surface area contributed by atoms with Crippen LogP contribution in [-0.4, -0.2) is 5.71 Å². The number of hydrogen-bond donors (Lipinski definition) is 1. The average Bonchev–Trinajstić information content (AvgIpc) is 2.17. The molecule has 1 N–H and O–H groups in total. The Hall–Kier alpha value is -1.37. The third-order valence-electron chi connectivity index (χ3n) is 2.56. The molecule has 1 nitrogen and oxygen atoms in total. The minimum absolute atomic E-state index is 0.307. The van der Waals surface area contributed by atoms with Crippen LogP contribution in [0, 0.1) is 5.41 Å². The summed E-state index contributed by atoms with van der Waals surface area (Å²) in [7, 11) is 0. The Kier molecular flexibility index (Phi) is 2.01. The number of fused-ring (bicyclic) bond motifs is 1. The highest BCUT2D eigenvalue weighted by Gasteiger charge is 2.17. The monoisotopic (exact) mass is 171 g/mol. The molecular formula is C12H13N. The van der Waals surface area contributed by atoms with E-state index < -0.39 is 0 Å². The molecule has 1 aliphatic rings. The topological polar surface area (TPSA) is 23.9 Å². The lowest BCUT2D eigenvalue weighted by Crippen LogP contribution is -2.10. The van der Waals surface area contributed by atoms with E-state index in [9.17, 15) is 0 Å². The molecule has 0 bridgehead atoms. The van der Waals surface area contributed by atoms with E-state index in [0.717, 1.165) is 12.1 Å². The molecule has 0 fully saturated rings. The molecule has 1 aromatic carbocycles. The molecule has 1 aliphatic carbocycles. The summed E-state index contributed by atoms with van der Waals surface area (Å²) in [6.07, 6.45) is 5.28. The van der Waals surface area contributed by atoms with Gasteiger partial charge in [-0.25, -0.2) is 0 Å². The van der Waals surface area contributed by atoms with Crippen molar-refractivity contribution in [2.45, 2.75) is 19.3 Å². The molecule has 0 saturated heterocycles. The van der Waals surface area contributed by atoms with Gasteiger partial charge in [0.05, 0.1) is 0 Å². The fourth-order valence-corrected chi connectivity index (χ4v) is 1.85. The normalized spacial score (nSPS) is 19.6. The average molecular weight is 171 g/mol. The van der Waals surface area contributed by atoms with Gasteiger partial charge in [0.1, 0.15) is 0 Å². The van der Waals surface area contributed by atoms with Gasteiger partial charge in [0, 0.05) is 11.6 Å². The Morgan fingerprint density at radius 1 is 1.38 bits per heavy atom. The zero-order valence-corrected chi connectivity index (χ0v) is 7.75. The summed E-state index contributed by atoms with van der Waals surface area (Å²) in [6, 6.07) is 8.33. The predicted molar refractivity (Wildman–Crippen MR) is 56.2 cm³/mol. The van der Waals surface area contributed by atoms with E-state index >= 15 is 0 Å². The zero-order valence-electron chi connectivity index (χ0n) is 7.75. The summed E-state index contributed by atoms with van der Waals surface area (Å²) in [6.45, 7) is 1.89. The van der Waals surface area contributed by atoms with Gasteiger partial charge in [0.2, 0.25) is 0 Å².